The van der Waals surface area contributed by atoms with E-state index in [-0.39, 0.29) is 23.8 Å². The molecule has 2 N–H and O–H groups in total. The number of nitrogens with zero attached hydrogens (tertiary/aromatic N) is 1. The highest BCUT2D eigenvalue weighted by Gasteiger charge is 2.31. The third-order valence-corrected chi connectivity index (χ3v) is 8.08. The predicted octanol–water partition coefficient (Wildman–Crippen LogP) is 8.23. The number of hydrogen-bond donors (Lipinski definition) is 2. The molecule has 0 aromatic heterocycles. The minimum atomic E-state index is -0.232. The summed E-state index contributed by atoms with van der Waals surface area (Å²) in [6.45, 7) is 21.8. The Labute approximate surface area is 266 Å². The molecule has 3 rings (SSSR count). The lowest BCUT2D eigenvalue weighted by Gasteiger charge is -2.27. The number of nitrogens with one attached hydrogen (secondary N) is 2. The number of fused-ring (bicyclic) bond motifs is 1. The Balaban J connectivity index is 0.000000580. The topological polar surface area (TPSA) is 79.9 Å². The standard InChI is InChI=1S/C28H37N3O3.C9H20O/c1-6-9-13-29-26(19(4)7-2)23(8-3)27(32)30-25-16-21-17-31(18-22-12-10-11-14-34-22)28(33)24(21)15-20(25)5;1-3-5-6-7-9-10-8-4-2/h6,8-9,13,15-16,19,22,29H,1,3,7,10-12,14,17-18H2,2,4-5H3,(H,30,32);3-9H2,1-2H3/b13-9-,26-23+;. The van der Waals surface area contributed by atoms with E-state index in [9.17, 15) is 9.59 Å². The molecule has 0 saturated carbocycles. The first kappa shape index (κ1) is 37.0. The summed E-state index contributed by atoms with van der Waals surface area (Å²) < 4.78 is 11.2. The number of rotatable bonds is 17. The van der Waals surface area contributed by atoms with Gasteiger partial charge in [0, 0.05) is 56.1 Å². The van der Waals surface area contributed by atoms with Crippen molar-refractivity contribution in [2.75, 3.05) is 31.7 Å². The molecule has 1 saturated heterocycles. The molecule has 1 fully saturated rings. The molecule has 0 bridgehead atoms. The summed E-state index contributed by atoms with van der Waals surface area (Å²) in [5.41, 5.74) is 4.50. The van der Waals surface area contributed by atoms with Crippen molar-refractivity contribution in [2.24, 2.45) is 5.92 Å². The van der Waals surface area contributed by atoms with E-state index >= 15 is 0 Å². The fraction of sp³-hybridized carbons (Fsp3) is 0.568. The van der Waals surface area contributed by atoms with Gasteiger partial charge in [-0.1, -0.05) is 72.3 Å². The summed E-state index contributed by atoms with van der Waals surface area (Å²) in [6.07, 6.45) is 17.4. The second-order valence-electron chi connectivity index (χ2n) is 11.7. The summed E-state index contributed by atoms with van der Waals surface area (Å²) >= 11 is 0. The van der Waals surface area contributed by atoms with Crippen LogP contribution in [0.3, 0.4) is 0 Å². The average molecular weight is 608 g/mol. The fourth-order valence-electron chi connectivity index (χ4n) is 5.30. The van der Waals surface area contributed by atoms with Gasteiger partial charge >= 0.3 is 0 Å². The van der Waals surface area contributed by atoms with Gasteiger partial charge in [0.05, 0.1) is 11.7 Å². The van der Waals surface area contributed by atoms with Gasteiger partial charge in [0.1, 0.15) is 0 Å². The molecule has 7 heteroatoms. The van der Waals surface area contributed by atoms with E-state index in [0.29, 0.717) is 29.9 Å². The van der Waals surface area contributed by atoms with Crippen molar-refractivity contribution in [3.63, 3.8) is 0 Å². The Kier molecular flexibility index (Phi) is 17.4. The molecule has 2 atom stereocenters. The molecule has 7 nitrogen and oxygen atoms in total. The fourth-order valence-corrected chi connectivity index (χ4v) is 5.30. The van der Waals surface area contributed by atoms with Crippen LogP contribution in [0.4, 0.5) is 5.69 Å². The first-order valence-electron chi connectivity index (χ1n) is 16.6. The number of carbonyl (C=O) groups excluding carboxylic acids is 2. The average Bonchev–Trinajstić information content (AvgIpc) is 3.32. The Morgan fingerprint density at radius 2 is 1.93 bits per heavy atom. The van der Waals surface area contributed by atoms with Crippen LogP contribution < -0.4 is 10.6 Å². The van der Waals surface area contributed by atoms with Gasteiger partial charge < -0.3 is 25.0 Å². The highest BCUT2D eigenvalue weighted by atomic mass is 16.5. The molecule has 2 heterocycles. The van der Waals surface area contributed by atoms with Gasteiger partial charge in [-0.15, -0.1) is 0 Å². The zero-order valence-electron chi connectivity index (χ0n) is 28.0. The smallest absolute Gasteiger partial charge is 0.257 e. The molecule has 1 aromatic rings. The number of amides is 2. The number of benzene rings is 1. The molecule has 1 aromatic carbocycles. The zero-order valence-corrected chi connectivity index (χ0v) is 28.0. The molecular formula is C37H57N3O4. The van der Waals surface area contributed by atoms with Crippen molar-refractivity contribution in [3.05, 3.63) is 77.7 Å². The van der Waals surface area contributed by atoms with Crippen LogP contribution in [-0.4, -0.2) is 49.2 Å². The molecule has 2 aliphatic rings. The summed E-state index contributed by atoms with van der Waals surface area (Å²) in [7, 11) is 0. The second kappa shape index (κ2) is 20.7. The normalized spacial score (nSPS) is 17.3. The number of hydrogen-bond acceptors (Lipinski definition) is 5. The first-order valence-corrected chi connectivity index (χ1v) is 16.6. The van der Waals surface area contributed by atoms with Crippen LogP contribution in [-0.2, 0) is 20.8 Å². The van der Waals surface area contributed by atoms with Crippen LogP contribution in [0.2, 0.25) is 0 Å². The molecule has 2 aliphatic heterocycles. The van der Waals surface area contributed by atoms with Crippen LogP contribution in [0, 0.1) is 12.8 Å². The summed E-state index contributed by atoms with van der Waals surface area (Å²) in [5.74, 6) is -0.0544. The highest BCUT2D eigenvalue weighted by Crippen LogP contribution is 2.30. The van der Waals surface area contributed by atoms with E-state index in [4.69, 9.17) is 9.47 Å². The molecular weight excluding hydrogens is 550 g/mol. The summed E-state index contributed by atoms with van der Waals surface area (Å²) in [6, 6.07) is 3.81. The van der Waals surface area contributed by atoms with Crippen LogP contribution in [0.15, 0.2) is 61.0 Å². The van der Waals surface area contributed by atoms with Crippen molar-refractivity contribution < 1.29 is 19.1 Å². The van der Waals surface area contributed by atoms with Gasteiger partial charge in [-0.25, -0.2) is 0 Å². The Bertz CT molecular complexity index is 1130. The van der Waals surface area contributed by atoms with Gasteiger partial charge in [-0.05, 0) is 80.7 Å². The predicted molar refractivity (Wildman–Crippen MR) is 183 cm³/mol. The minimum absolute atomic E-state index is 0.0362. The van der Waals surface area contributed by atoms with E-state index in [1.54, 1.807) is 24.4 Å². The molecule has 2 amide bonds. The molecule has 0 aliphatic carbocycles. The van der Waals surface area contributed by atoms with Crippen molar-refractivity contribution in [1.82, 2.24) is 10.2 Å². The van der Waals surface area contributed by atoms with Crippen LogP contribution in [0.1, 0.15) is 107 Å². The Morgan fingerprint density at radius 1 is 1.14 bits per heavy atom. The minimum Gasteiger partial charge on any atom is -0.381 e. The molecule has 0 spiro atoms. The van der Waals surface area contributed by atoms with E-state index in [1.807, 2.05) is 24.0 Å². The molecule has 0 radical (unpaired) electrons. The van der Waals surface area contributed by atoms with Crippen molar-refractivity contribution in [1.29, 1.82) is 0 Å². The Hall–Kier alpha value is -3.16. The largest absolute Gasteiger partial charge is 0.381 e. The van der Waals surface area contributed by atoms with E-state index < -0.39 is 0 Å². The summed E-state index contributed by atoms with van der Waals surface area (Å²) in [5, 5.41) is 6.27. The van der Waals surface area contributed by atoms with Crippen LogP contribution >= 0.6 is 0 Å². The van der Waals surface area contributed by atoms with Gasteiger partial charge in [-0.2, -0.15) is 0 Å². The molecule has 2 unspecified atom stereocenters. The molecule has 244 valence electrons. The number of carbonyl (C=O) groups is 2. The number of aryl methyl sites for hydroxylation is 1. The van der Waals surface area contributed by atoms with E-state index in [2.05, 4.69) is 51.5 Å². The Morgan fingerprint density at radius 3 is 2.57 bits per heavy atom. The monoisotopic (exact) mass is 607 g/mol. The maximum atomic E-state index is 13.3. The lowest BCUT2D eigenvalue weighted by atomic mass is 9.98. The summed E-state index contributed by atoms with van der Waals surface area (Å²) in [4.78, 5) is 28.1. The van der Waals surface area contributed by atoms with Crippen LogP contribution in [0.25, 0.3) is 0 Å². The first-order chi connectivity index (χ1) is 21.3. The maximum absolute atomic E-state index is 13.3. The molecule has 44 heavy (non-hydrogen) atoms. The maximum Gasteiger partial charge on any atom is 0.257 e. The van der Waals surface area contributed by atoms with Gasteiger partial charge in [0.25, 0.3) is 11.8 Å². The lowest BCUT2D eigenvalue weighted by Crippen LogP contribution is -2.35. The number of allylic oxidation sites excluding steroid dienone is 3. The number of ether oxygens (including phenoxy) is 2. The third kappa shape index (κ3) is 11.7. The van der Waals surface area contributed by atoms with Gasteiger partial charge in [-0.3, -0.25) is 9.59 Å². The van der Waals surface area contributed by atoms with Crippen LogP contribution in [0.5, 0.6) is 0 Å². The van der Waals surface area contributed by atoms with E-state index in [1.165, 1.54) is 25.7 Å². The lowest BCUT2D eigenvalue weighted by molar-refractivity contribution is -0.112. The third-order valence-electron chi connectivity index (χ3n) is 8.08. The zero-order chi connectivity index (χ0) is 32.3. The second-order valence-corrected chi connectivity index (χ2v) is 11.7. The number of unbranched alkanes of at least 4 members (excludes halogenated alkanes) is 3. The van der Waals surface area contributed by atoms with E-state index in [0.717, 1.165) is 68.7 Å². The van der Waals surface area contributed by atoms with Gasteiger partial charge in [0.2, 0.25) is 0 Å². The van der Waals surface area contributed by atoms with Gasteiger partial charge in [0.15, 0.2) is 0 Å². The SMILES string of the molecule is C=C/C=C\N/C(=C(\C=C)C(=O)Nc1cc2c(cc1C)C(=O)N(CC1CCCCO1)C2)C(C)CC.CCCCCCOCCC. The van der Waals surface area contributed by atoms with Crippen molar-refractivity contribution >= 4 is 17.5 Å². The highest BCUT2D eigenvalue weighted by molar-refractivity contribution is 6.07. The quantitative estimate of drug-likeness (QED) is 0.106. The number of anilines is 1. The van der Waals surface area contributed by atoms with Crippen molar-refractivity contribution in [3.8, 4) is 0 Å². The van der Waals surface area contributed by atoms with Crippen molar-refractivity contribution in [2.45, 2.75) is 105 Å².